The first-order chi connectivity index (χ1) is 12.6. The molecule has 1 spiro atoms. The van der Waals surface area contributed by atoms with Crippen molar-refractivity contribution in [1.29, 1.82) is 0 Å². The minimum absolute atomic E-state index is 0.102. The van der Waals surface area contributed by atoms with Gasteiger partial charge in [-0.05, 0) is 69.7 Å². The summed E-state index contributed by atoms with van der Waals surface area (Å²) >= 11 is 0. The van der Waals surface area contributed by atoms with Gasteiger partial charge in [0.25, 0.3) is 5.91 Å². The molecule has 0 bridgehead atoms. The summed E-state index contributed by atoms with van der Waals surface area (Å²) in [5.41, 5.74) is 2.20. The predicted octanol–water partition coefficient (Wildman–Crippen LogP) is 2.11. The monoisotopic (exact) mass is 355 g/mol. The molecular formula is C21H29N3O2. The van der Waals surface area contributed by atoms with Gasteiger partial charge in [0.1, 0.15) is 0 Å². The Kier molecular flexibility index (Phi) is 4.74. The first-order valence-electron chi connectivity index (χ1n) is 9.94. The number of hydrogen-bond donors (Lipinski definition) is 2. The fourth-order valence-corrected chi connectivity index (χ4v) is 4.60. The van der Waals surface area contributed by atoms with Crippen molar-refractivity contribution in [3.8, 4) is 0 Å². The molecule has 1 aliphatic carbocycles. The number of nitrogens with zero attached hydrogens (tertiary/aromatic N) is 1. The lowest BCUT2D eigenvalue weighted by atomic mass is 9.91. The molecule has 5 nitrogen and oxygen atoms in total. The summed E-state index contributed by atoms with van der Waals surface area (Å²) in [5, 5.41) is 6.65. The Bertz CT molecular complexity index is 671. The van der Waals surface area contributed by atoms with Crippen LogP contribution in [0.25, 0.3) is 0 Å². The molecule has 1 saturated carbocycles. The average molecular weight is 355 g/mol. The van der Waals surface area contributed by atoms with Gasteiger partial charge in [0, 0.05) is 30.6 Å². The maximum absolute atomic E-state index is 12.6. The number of benzene rings is 1. The number of nitrogens with one attached hydrogen (secondary N) is 2. The van der Waals surface area contributed by atoms with Gasteiger partial charge in [-0.1, -0.05) is 17.7 Å². The van der Waals surface area contributed by atoms with E-state index in [0.29, 0.717) is 0 Å². The zero-order chi connectivity index (χ0) is 18.1. The van der Waals surface area contributed by atoms with Gasteiger partial charge < -0.3 is 15.5 Å². The van der Waals surface area contributed by atoms with Crippen LogP contribution in [0.2, 0.25) is 0 Å². The number of carbonyl (C=O) groups excluding carboxylic acids is 2. The van der Waals surface area contributed by atoms with Crippen molar-refractivity contribution < 1.29 is 9.59 Å². The Morgan fingerprint density at radius 2 is 1.77 bits per heavy atom. The number of hydrogen-bond acceptors (Lipinski definition) is 3. The molecule has 2 N–H and O–H groups in total. The zero-order valence-electron chi connectivity index (χ0n) is 15.6. The van der Waals surface area contributed by atoms with Gasteiger partial charge in [0.15, 0.2) is 0 Å². The molecule has 0 aromatic heterocycles. The Morgan fingerprint density at radius 1 is 1.12 bits per heavy atom. The van der Waals surface area contributed by atoms with E-state index in [0.717, 1.165) is 69.4 Å². The van der Waals surface area contributed by atoms with Gasteiger partial charge in [-0.2, -0.15) is 0 Å². The van der Waals surface area contributed by atoms with E-state index in [4.69, 9.17) is 0 Å². The SMILES string of the molecule is Cc1ccc(C(=O)N2CCC(NC(=O)C3CC34CCNCC4)CC2)cc1. The maximum atomic E-state index is 12.6. The van der Waals surface area contributed by atoms with Crippen molar-refractivity contribution in [3.05, 3.63) is 35.4 Å². The summed E-state index contributed by atoms with van der Waals surface area (Å²) in [6.45, 7) is 5.55. The highest BCUT2D eigenvalue weighted by atomic mass is 16.2. The van der Waals surface area contributed by atoms with Gasteiger partial charge in [-0.3, -0.25) is 9.59 Å². The van der Waals surface area contributed by atoms with Gasteiger partial charge in [0.2, 0.25) is 5.91 Å². The van der Waals surface area contributed by atoms with Crippen LogP contribution in [-0.4, -0.2) is 48.9 Å². The second-order valence-electron chi connectivity index (χ2n) is 8.31. The molecular weight excluding hydrogens is 326 g/mol. The van der Waals surface area contributed by atoms with E-state index in [2.05, 4.69) is 10.6 Å². The van der Waals surface area contributed by atoms with E-state index in [9.17, 15) is 9.59 Å². The van der Waals surface area contributed by atoms with Crippen molar-refractivity contribution in [3.63, 3.8) is 0 Å². The Morgan fingerprint density at radius 3 is 2.42 bits per heavy atom. The fourth-order valence-electron chi connectivity index (χ4n) is 4.60. The standard InChI is InChI=1S/C21H29N3O2/c1-15-2-4-16(5-3-15)20(26)24-12-6-17(7-13-24)23-19(25)18-14-21(18)8-10-22-11-9-21/h2-5,17-18,22H,6-14H2,1H3,(H,23,25). The molecule has 140 valence electrons. The Labute approximate surface area is 155 Å². The van der Waals surface area contributed by atoms with Crippen molar-refractivity contribution in [2.75, 3.05) is 26.2 Å². The number of piperidine rings is 2. The smallest absolute Gasteiger partial charge is 0.253 e. The van der Waals surface area contributed by atoms with Crippen molar-refractivity contribution >= 4 is 11.8 Å². The van der Waals surface area contributed by atoms with Crippen LogP contribution >= 0.6 is 0 Å². The number of rotatable bonds is 3. The van der Waals surface area contributed by atoms with Crippen molar-refractivity contribution in [1.82, 2.24) is 15.5 Å². The van der Waals surface area contributed by atoms with Crippen LogP contribution in [0.1, 0.15) is 48.0 Å². The highest BCUT2D eigenvalue weighted by Crippen LogP contribution is 2.58. The molecule has 26 heavy (non-hydrogen) atoms. The van der Waals surface area contributed by atoms with Crippen LogP contribution in [0, 0.1) is 18.3 Å². The van der Waals surface area contributed by atoms with Gasteiger partial charge in [-0.25, -0.2) is 0 Å². The molecule has 3 fully saturated rings. The summed E-state index contributed by atoms with van der Waals surface area (Å²) in [4.78, 5) is 27.1. The zero-order valence-corrected chi connectivity index (χ0v) is 15.6. The topological polar surface area (TPSA) is 61.4 Å². The summed E-state index contributed by atoms with van der Waals surface area (Å²) in [7, 11) is 0. The molecule has 2 saturated heterocycles. The van der Waals surface area contributed by atoms with E-state index >= 15 is 0 Å². The highest BCUT2D eigenvalue weighted by Gasteiger charge is 2.57. The molecule has 3 aliphatic rings. The van der Waals surface area contributed by atoms with E-state index in [1.165, 1.54) is 0 Å². The van der Waals surface area contributed by atoms with Gasteiger partial charge in [-0.15, -0.1) is 0 Å². The molecule has 2 amide bonds. The lowest BCUT2D eigenvalue weighted by Crippen LogP contribution is -2.47. The predicted molar refractivity (Wildman–Crippen MR) is 101 cm³/mol. The average Bonchev–Trinajstić information content (AvgIpc) is 3.36. The first-order valence-corrected chi connectivity index (χ1v) is 9.94. The van der Waals surface area contributed by atoms with E-state index in [1.807, 2.05) is 36.1 Å². The molecule has 2 heterocycles. The van der Waals surface area contributed by atoms with Gasteiger partial charge in [0.05, 0.1) is 0 Å². The summed E-state index contributed by atoms with van der Waals surface area (Å²) < 4.78 is 0. The summed E-state index contributed by atoms with van der Waals surface area (Å²) in [6, 6.07) is 7.97. The molecule has 1 atom stereocenters. The number of aryl methyl sites for hydroxylation is 1. The lowest BCUT2D eigenvalue weighted by molar-refractivity contribution is -0.124. The summed E-state index contributed by atoms with van der Waals surface area (Å²) in [6.07, 6.45) is 5.03. The lowest BCUT2D eigenvalue weighted by Gasteiger charge is -2.33. The molecule has 4 rings (SSSR count). The summed E-state index contributed by atoms with van der Waals surface area (Å²) in [5.74, 6) is 0.567. The highest BCUT2D eigenvalue weighted by molar-refractivity contribution is 5.94. The van der Waals surface area contributed by atoms with Crippen LogP contribution in [0.5, 0.6) is 0 Å². The van der Waals surface area contributed by atoms with Crippen LogP contribution in [0.3, 0.4) is 0 Å². The molecule has 0 radical (unpaired) electrons. The molecule has 1 aromatic rings. The molecule has 1 aromatic carbocycles. The fraction of sp³-hybridized carbons (Fsp3) is 0.619. The number of amides is 2. The van der Waals surface area contributed by atoms with Crippen LogP contribution in [-0.2, 0) is 4.79 Å². The second-order valence-corrected chi connectivity index (χ2v) is 8.31. The Hall–Kier alpha value is -1.88. The third-order valence-corrected chi connectivity index (χ3v) is 6.53. The van der Waals surface area contributed by atoms with Crippen molar-refractivity contribution in [2.24, 2.45) is 11.3 Å². The second kappa shape index (κ2) is 7.03. The van der Waals surface area contributed by atoms with Crippen LogP contribution < -0.4 is 10.6 Å². The maximum Gasteiger partial charge on any atom is 0.253 e. The first kappa shape index (κ1) is 17.5. The molecule has 5 heteroatoms. The Balaban J connectivity index is 1.25. The van der Waals surface area contributed by atoms with Crippen LogP contribution in [0.15, 0.2) is 24.3 Å². The molecule has 1 unspecified atom stereocenters. The van der Waals surface area contributed by atoms with E-state index in [-0.39, 0.29) is 29.2 Å². The molecule has 2 aliphatic heterocycles. The largest absolute Gasteiger partial charge is 0.353 e. The third-order valence-electron chi connectivity index (χ3n) is 6.53. The minimum atomic E-state index is 0.102. The van der Waals surface area contributed by atoms with Gasteiger partial charge >= 0.3 is 0 Å². The number of likely N-dealkylation sites (tertiary alicyclic amines) is 1. The normalized spacial score (nSPS) is 25.1. The third kappa shape index (κ3) is 3.50. The van der Waals surface area contributed by atoms with E-state index < -0.39 is 0 Å². The van der Waals surface area contributed by atoms with Crippen LogP contribution in [0.4, 0.5) is 0 Å². The quantitative estimate of drug-likeness (QED) is 0.873. The minimum Gasteiger partial charge on any atom is -0.353 e. The number of carbonyl (C=O) groups is 2. The van der Waals surface area contributed by atoms with E-state index in [1.54, 1.807) is 0 Å². The van der Waals surface area contributed by atoms with Crippen molar-refractivity contribution in [2.45, 2.75) is 45.1 Å².